The molecular weight excluding hydrogens is 308 g/mol. The van der Waals surface area contributed by atoms with Gasteiger partial charge >= 0.3 is 0 Å². The van der Waals surface area contributed by atoms with Crippen LogP contribution in [0.2, 0.25) is 0 Å². The summed E-state index contributed by atoms with van der Waals surface area (Å²) in [5, 5.41) is 5.56. The van der Waals surface area contributed by atoms with E-state index in [0.29, 0.717) is 17.8 Å². The molecule has 0 bridgehead atoms. The molecule has 2 N–H and O–H groups in total. The Kier molecular flexibility index (Phi) is 6.23. The van der Waals surface area contributed by atoms with Gasteiger partial charge < -0.3 is 10.6 Å². The standard InChI is InChI=1S/C18H20N2O2S/c1-13-6-8-17(9-7-13)23-11-10-19-18(22)15-4-3-5-16(12-15)20-14(2)21/h3-9,12H,10-11H2,1-2H3,(H,19,22)(H,20,21). The summed E-state index contributed by atoms with van der Waals surface area (Å²) in [5.74, 6) is 0.513. The number of hydrogen-bond donors (Lipinski definition) is 2. The van der Waals surface area contributed by atoms with Gasteiger partial charge in [0.1, 0.15) is 0 Å². The second kappa shape index (κ2) is 8.39. The van der Waals surface area contributed by atoms with Crippen LogP contribution >= 0.6 is 11.8 Å². The maximum atomic E-state index is 12.1. The molecule has 0 spiro atoms. The first-order valence-electron chi connectivity index (χ1n) is 7.40. The average Bonchev–Trinajstić information content (AvgIpc) is 2.52. The van der Waals surface area contributed by atoms with Gasteiger partial charge in [-0.3, -0.25) is 9.59 Å². The zero-order chi connectivity index (χ0) is 16.7. The van der Waals surface area contributed by atoms with E-state index in [0.717, 1.165) is 5.75 Å². The third kappa shape index (κ3) is 5.79. The number of amides is 2. The molecular formula is C18H20N2O2S. The fraction of sp³-hybridized carbons (Fsp3) is 0.222. The molecule has 0 aliphatic rings. The van der Waals surface area contributed by atoms with Crippen LogP contribution in [0.25, 0.3) is 0 Å². The highest BCUT2D eigenvalue weighted by molar-refractivity contribution is 7.99. The summed E-state index contributed by atoms with van der Waals surface area (Å²) >= 11 is 1.71. The molecule has 0 heterocycles. The van der Waals surface area contributed by atoms with Gasteiger partial charge in [-0.05, 0) is 37.3 Å². The summed E-state index contributed by atoms with van der Waals surface area (Å²) in [7, 11) is 0. The van der Waals surface area contributed by atoms with Crippen molar-refractivity contribution in [3.8, 4) is 0 Å². The normalized spacial score (nSPS) is 10.2. The van der Waals surface area contributed by atoms with Crippen LogP contribution in [0.3, 0.4) is 0 Å². The second-order valence-corrected chi connectivity index (χ2v) is 6.35. The highest BCUT2D eigenvalue weighted by Crippen LogP contribution is 2.17. The summed E-state index contributed by atoms with van der Waals surface area (Å²) in [4.78, 5) is 24.3. The monoisotopic (exact) mass is 328 g/mol. The number of benzene rings is 2. The maximum absolute atomic E-state index is 12.1. The van der Waals surface area contributed by atoms with Crippen LogP contribution in [-0.2, 0) is 4.79 Å². The van der Waals surface area contributed by atoms with Crippen LogP contribution in [0.15, 0.2) is 53.4 Å². The first-order chi connectivity index (χ1) is 11.0. The zero-order valence-electron chi connectivity index (χ0n) is 13.3. The highest BCUT2D eigenvalue weighted by Gasteiger charge is 2.06. The first-order valence-corrected chi connectivity index (χ1v) is 8.38. The summed E-state index contributed by atoms with van der Waals surface area (Å²) < 4.78 is 0. The van der Waals surface area contributed by atoms with Gasteiger partial charge in [-0.2, -0.15) is 0 Å². The molecule has 0 saturated carbocycles. The minimum absolute atomic E-state index is 0.137. The number of thioether (sulfide) groups is 1. The van der Waals surface area contributed by atoms with E-state index in [2.05, 4.69) is 41.8 Å². The van der Waals surface area contributed by atoms with Crippen LogP contribution in [0.4, 0.5) is 5.69 Å². The molecule has 0 radical (unpaired) electrons. The Morgan fingerprint density at radius 2 is 1.83 bits per heavy atom. The zero-order valence-corrected chi connectivity index (χ0v) is 14.1. The summed E-state index contributed by atoms with van der Waals surface area (Å²) in [6.07, 6.45) is 0. The van der Waals surface area contributed by atoms with Crippen LogP contribution in [0, 0.1) is 6.92 Å². The molecule has 0 atom stereocenters. The van der Waals surface area contributed by atoms with Crippen LogP contribution < -0.4 is 10.6 Å². The van der Waals surface area contributed by atoms with Crippen molar-refractivity contribution in [2.75, 3.05) is 17.6 Å². The minimum atomic E-state index is -0.156. The van der Waals surface area contributed by atoms with Crippen molar-refractivity contribution >= 4 is 29.3 Å². The van der Waals surface area contributed by atoms with Crippen LogP contribution in [0.5, 0.6) is 0 Å². The van der Waals surface area contributed by atoms with Crippen molar-refractivity contribution in [3.63, 3.8) is 0 Å². The Balaban J connectivity index is 1.80. The van der Waals surface area contributed by atoms with Gasteiger partial charge in [0.25, 0.3) is 5.91 Å². The Labute approximate surface area is 140 Å². The number of rotatable bonds is 6. The number of nitrogens with one attached hydrogen (secondary N) is 2. The van der Waals surface area contributed by atoms with Crippen LogP contribution in [0.1, 0.15) is 22.8 Å². The maximum Gasteiger partial charge on any atom is 0.251 e. The lowest BCUT2D eigenvalue weighted by Gasteiger charge is -2.07. The minimum Gasteiger partial charge on any atom is -0.351 e. The Bertz CT molecular complexity index is 684. The topological polar surface area (TPSA) is 58.2 Å². The molecule has 0 fully saturated rings. The fourth-order valence-corrected chi connectivity index (χ4v) is 2.78. The lowest BCUT2D eigenvalue weighted by Crippen LogP contribution is -2.25. The fourth-order valence-electron chi connectivity index (χ4n) is 2.01. The molecule has 0 saturated heterocycles. The smallest absolute Gasteiger partial charge is 0.251 e. The largest absolute Gasteiger partial charge is 0.351 e. The number of anilines is 1. The van der Waals surface area contributed by atoms with Gasteiger partial charge in [0.15, 0.2) is 0 Å². The molecule has 0 aromatic heterocycles. The van der Waals surface area contributed by atoms with Gasteiger partial charge in [0.2, 0.25) is 5.91 Å². The van der Waals surface area contributed by atoms with Crippen molar-refractivity contribution < 1.29 is 9.59 Å². The molecule has 5 heteroatoms. The van der Waals surface area contributed by atoms with E-state index >= 15 is 0 Å². The molecule has 23 heavy (non-hydrogen) atoms. The lowest BCUT2D eigenvalue weighted by atomic mass is 10.2. The van der Waals surface area contributed by atoms with Gasteiger partial charge in [-0.15, -0.1) is 11.8 Å². The molecule has 2 amide bonds. The highest BCUT2D eigenvalue weighted by atomic mass is 32.2. The average molecular weight is 328 g/mol. The van der Waals surface area contributed by atoms with Gasteiger partial charge in [0, 0.05) is 35.4 Å². The number of carbonyl (C=O) groups is 2. The number of hydrogen-bond acceptors (Lipinski definition) is 3. The summed E-state index contributed by atoms with van der Waals surface area (Å²) in [6, 6.07) is 15.2. The van der Waals surface area contributed by atoms with Gasteiger partial charge in [-0.1, -0.05) is 23.8 Å². The van der Waals surface area contributed by atoms with E-state index in [1.807, 2.05) is 0 Å². The van der Waals surface area contributed by atoms with E-state index in [-0.39, 0.29) is 11.8 Å². The molecule has 120 valence electrons. The molecule has 4 nitrogen and oxygen atoms in total. The lowest BCUT2D eigenvalue weighted by molar-refractivity contribution is -0.114. The third-order valence-electron chi connectivity index (χ3n) is 3.12. The quantitative estimate of drug-likeness (QED) is 0.630. The van der Waals surface area contributed by atoms with Gasteiger partial charge in [-0.25, -0.2) is 0 Å². The molecule has 2 rings (SSSR count). The third-order valence-corrected chi connectivity index (χ3v) is 4.14. The number of aryl methyl sites for hydroxylation is 1. The SMILES string of the molecule is CC(=O)Nc1cccc(C(=O)NCCSc2ccc(C)cc2)c1. The van der Waals surface area contributed by atoms with E-state index in [4.69, 9.17) is 0 Å². The van der Waals surface area contributed by atoms with Crippen molar-refractivity contribution in [3.05, 3.63) is 59.7 Å². The summed E-state index contributed by atoms with van der Waals surface area (Å²) in [6.45, 7) is 4.08. The second-order valence-electron chi connectivity index (χ2n) is 5.18. The Morgan fingerprint density at radius 1 is 1.09 bits per heavy atom. The van der Waals surface area contributed by atoms with E-state index in [1.165, 1.54) is 17.4 Å². The van der Waals surface area contributed by atoms with Crippen molar-refractivity contribution in [1.82, 2.24) is 5.32 Å². The summed E-state index contributed by atoms with van der Waals surface area (Å²) in [5.41, 5.74) is 2.40. The molecule has 2 aromatic rings. The van der Waals surface area contributed by atoms with Gasteiger partial charge in [0.05, 0.1) is 0 Å². The first kappa shape index (κ1) is 17.1. The molecule has 2 aromatic carbocycles. The van der Waals surface area contributed by atoms with E-state index in [9.17, 15) is 9.59 Å². The van der Waals surface area contributed by atoms with Crippen LogP contribution in [-0.4, -0.2) is 24.1 Å². The van der Waals surface area contributed by atoms with Crippen molar-refractivity contribution in [1.29, 1.82) is 0 Å². The predicted octanol–water partition coefficient (Wildman–Crippen LogP) is 3.48. The number of carbonyl (C=O) groups excluding carboxylic acids is 2. The van der Waals surface area contributed by atoms with Crippen molar-refractivity contribution in [2.45, 2.75) is 18.7 Å². The predicted molar refractivity (Wildman–Crippen MR) is 95.0 cm³/mol. The Hall–Kier alpha value is -2.27. The van der Waals surface area contributed by atoms with Crippen molar-refractivity contribution in [2.24, 2.45) is 0 Å². The molecule has 0 aliphatic heterocycles. The molecule has 0 aliphatic carbocycles. The Morgan fingerprint density at radius 3 is 2.52 bits per heavy atom. The van der Waals surface area contributed by atoms with E-state index < -0.39 is 0 Å². The van der Waals surface area contributed by atoms with E-state index in [1.54, 1.807) is 36.0 Å². The molecule has 0 unspecified atom stereocenters.